The molecule has 0 aliphatic heterocycles. The molecule has 2 saturated carbocycles. The lowest BCUT2D eigenvalue weighted by molar-refractivity contribution is 0.171. The molecule has 2 fully saturated rings. The van der Waals surface area contributed by atoms with E-state index < -0.39 is 0 Å². The minimum atomic E-state index is 0.721. The van der Waals surface area contributed by atoms with Gasteiger partial charge in [-0.2, -0.15) is 5.26 Å². The van der Waals surface area contributed by atoms with E-state index >= 15 is 0 Å². The number of rotatable bonds is 3. The zero-order chi connectivity index (χ0) is 16.1. The van der Waals surface area contributed by atoms with Gasteiger partial charge in [0.15, 0.2) is 0 Å². The maximum atomic E-state index is 8.92. The Bertz CT molecular complexity index is 547. The third-order valence-corrected chi connectivity index (χ3v) is 6.23. The van der Waals surface area contributed by atoms with Gasteiger partial charge in [-0.1, -0.05) is 24.3 Å². The third kappa shape index (κ3) is 4.05. The van der Waals surface area contributed by atoms with Crippen LogP contribution in [0.2, 0.25) is 0 Å². The van der Waals surface area contributed by atoms with Crippen LogP contribution >= 0.6 is 0 Å². The summed E-state index contributed by atoms with van der Waals surface area (Å²) in [6.45, 7) is 2.15. The van der Waals surface area contributed by atoms with E-state index in [0.717, 1.165) is 29.2 Å². The molecule has 0 unspecified atom stereocenters. The molecule has 2 aliphatic rings. The Morgan fingerprint density at radius 2 is 1.43 bits per heavy atom. The summed E-state index contributed by atoms with van der Waals surface area (Å²) in [7, 11) is 0. The van der Waals surface area contributed by atoms with Crippen molar-refractivity contribution < 1.29 is 0 Å². The molecule has 23 heavy (non-hydrogen) atoms. The highest BCUT2D eigenvalue weighted by atomic mass is 14.4. The molecule has 0 spiro atoms. The van der Waals surface area contributed by atoms with Gasteiger partial charge in [0.2, 0.25) is 0 Å². The number of allylic oxidation sites excluding steroid dienone is 2. The topological polar surface area (TPSA) is 23.8 Å². The van der Waals surface area contributed by atoms with Crippen LogP contribution in [-0.4, -0.2) is 0 Å². The van der Waals surface area contributed by atoms with Crippen molar-refractivity contribution in [1.82, 2.24) is 0 Å². The second kappa shape index (κ2) is 7.82. The van der Waals surface area contributed by atoms with Crippen molar-refractivity contribution in [2.24, 2.45) is 17.8 Å². The van der Waals surface area contributed by atoms with Crippen LogP contribution in [-0.2, 0) is 0 Å². The van der Waals surface area contributed by atoms with E-state index in [4.69, 9.17) is 5.26 Å². The fourth-order valence-corrected chi connectivity index (χ4v) is 4.83. The summed E-state index contributed by atoms with van der Waals surface area (Å²) in [5.74, 6) is 3.53. The first kappa shape index (κ1) is 16.3. The highest BCUT2D eigenvalue weighted by molar-refractivity contribution is 5.33. The van der Waals surface area contributed by atoms with Crippen LogP contribution in [0.5, 0.6) is 0 Å². The summed E-state index contributed by atoms with van der Waals surface area (Å²) in [5.41, 5.74) is 2.22. The zero-order valence-electron chi connectivity index (χ0n) is 14.4. The highest BCUT2D eigenvalue weighted by Gasteiger charge is 2.30. The van der Waals surface area contributed by atoms with Gasteiger partial charge in [-0.05, 0) is 99.7 Å². The molecule has 122 valence electrons. The van der Waals surface area contributed by atoms with Gasteiger partial charge in [-0.3, -0.25) is 0 Å². The lowest BCUT2D eigenvalue weighted by atomic mass is 9.68. The largest absolute Gasteiger partial charge is 0.192 e. The monoisotopic (exact) mass is 307 g/mol. The molecule has 1 aromatic rings. The summed E-state index contributed by atoms with van der Waals surface area (Å²) < 4.78 is 0. The highest BCUT2D eigenvalue weighted by Crippen LogP contribution is 2.44. The van der Waals surface area contributed by atoms with Crippen molar-refractivity contribution in [1.29, 1.82) is 5.26 Å². The predicted molar refractivity (Wildman–Crippen MR) is 96.1 cm³/mol. The molecule has 1 aromatic carbocycles. The van der Waals surface area contributed by atoms with Gasteiger partial charge in [-0.25, -0.2) is 0 Å². The van der Waals surface area contributed by atoms with Gasteiger partial charge in [0, 0.05) is 0 Å². The van der Waals surface area contributed by atoms with Crippen LogP contribution in [0.15, 0.2) is 36.4 Å². The van der Waals surface area contributed by atoms with Gasteiger partial charge in [0.05, 0.1) is 11.6 Å². The Kier molecular flexibility index (Phi) is 5.55. The number of benzene rings is 1. The van der Waals surface area contributed by atoms with E-state index in [1.54, 1.807) is 0 Å². The summed E-state index contributed by atoms with van der Waals surface area (Å²) in [6, 6.07) is 10.5. The van der Waals surface area contributed by atoms with Crippen LogP contribution in [0.1, 0.15) is 75.3 Å². The van der Waals surface area contributed by atoms with Crippen molar-refractivity contribution in [2.45, 2.75) is 64.2 Å². The molecule has 0 atom stereocenters. The Hall–Kier alpha value is -1.55. The number of hydrogen-bond donors (Lipinski definition) is 0. The van der Waals surface area contributed by atoms with Gasteiger partial charge >= 0.3 is 0 Å². The van der Waals surface area contributed by atoms with Crippen LogP contribution in [0.25, 0.3) is 0 Å². The minimum Gasteiger partial charge on any atom is -0.192 e. The maximum absolute atomic E-state index is 8.92. The smallest absolute Gasteiger partial charge is 0.0991 e. The molecule has 0 saturated heterocycles. The molecule has 0 aromatic heterocycles. The van der Waals surface area contributed by atoms with Crippen molar-refractivity contribution >= 4 is 0 Å². The maximum Gasteiger partial charge on any atom is 0.0991 e. The average molecular weight is 307 g/mol. The molecular formula is C22H29N. The normalized spacial score (nSPS) is 31.8. The number of nitrogens with zero attached hydrogens (tertiary/aromatic N) is 1. The van der Waals surface area contributed by atoms with Gasteiger partial charge in [0.25, 0.3) is 0 Å². The van der Waals surface area contributed by atoms with Crippen molar-refractivity contribution in [3.63, 3.8) is 0 Å². The average Bonchev–Trinajstić information content (AvgIpc) is 2.63. The first-order chi connectivity index (χ1) is 11.3. The minimum absolute atomic E-state index is 0.721. The lowest BCUT2D eigenvalue weighted by Crippen LogP contribution is -2.25. The SMILES string of the molecule is C/C=C\[C@H]1CC[C@H](C2CCC(c3ccc(C#N)cc3)CC2)CC1. The third-order valence-electron chi connectivity index (χ3n) is 6.23. The molecular weight excluding hydrogens is 278 g/mol. The molecule has 3 rings (SSSR count). The Balaban J connectivity index is 1.49. The standard InChI is InChI=1S/C22H29N/c1-2-3-17-4-8-19(9-5-17)21-12-14-22(15-13-21)20-10-6-18(16-23)7-11-20/h2-3,6-7,10-11,17,19,21-22H,4-5,8-9,12-15H2,1H3/b3-2-/t17-,19-,21?,22?. The van der Waals surface area contributed by atoms with Crippen molar-refractivity contribution in [3.8, 4) is 6.07 Å². The van der Waals surface area contributed by atoms with Gasteiger partial charge in [0.1, 0.15) is 0 Å². The number of hydrogen-bond acceptors (Lipinski definition) is 1. The molecule has 1 heteroatoms. The summed E-state index contributed by atoms with van der Waals surface area (Å²) in [5, 5.41) is 8.92. The fraction of sp³-hybridized carbons (Fsp3) is 0.591. The van der Waals surface area contributed by atoms with Crippen LogP contribution < -0.4 is 0 Å². The summed E-state index contributed by atoms with van der Waals surface area (Å²) >= 11 is 0. The van der Waals surface area contributed by atoms with Crippen molar-refractivity contribution in [3.05, 3.63) is 47.5 Å². The predicted octanol–water partition coefficient (Wildman–Crippen LogP) is 6.21. The van der Waals surface area contributed by atoms with Crippen LogP contribution in [0, 0.1) is 29.1 Å². The summed E-state index contributed by atoms with van der Waals surface area (Å²) in [6.07, 6.45) is 15.8. The second-order valence-electron chi connectivity index (χ2n) is 7.55. The molecule has 2 aliphatic carbocycles. The van der Waals surface area contributed by atoms with Gasteiger partial charge in [-0.15, -0.1) is 0 Å². The van der Waals surface area contributed by atoms with E-state index in [9.17, 15) is 0 Å². The van der Waals surface area contributed by atoms with Crippen LogP contribution in [0.4, 0.5) is 0 Å². The van der Waals surface area contributed by atoms with Crippen LogP contribution in [0.3, 0.4) is 0 Å². The lowest BCUT2D eigenvalue weighted by Gasteiger charge is -2.37. The van der Waals surface area contributed by atoms with E-state index in [0.29, 0.717) is 0 Å². The number of nitriles is 1. The van der Waals surface area contributed by atoms with Crippen molar-refractivity contribution in [2.75, 3.05) is 0 Å². The van der Waals surface area contributed by atoms with E-state index in [1.807, 2.05) is 12.1 Å². The molecule has 0 bridgehead atoms. The first-order valence-electron chi connectivity index (χ1n) is 9.43. The quantitative estimate of drug-likeness (QED) is 0.608. The van der Waals surface area contributed by atoms with E-state index in [2.05, 4.69) is 37.3 Å². The first-order valence-corrected chi connectivity index (χ1v) is 9.43. The fourth-order valence-electron chi connectivity index (χ4n) is 4.83. The molecule has 0 amide bonds. The Morgan fingerprint density at radius 3 is 1.96 bits per heavy atom. The summed E-state index contributed by atoms with van der Waals surface area (Å²) in [4.78, 5) is 0. The molecule has 1 nitrogen and oxygen atoms in total. The zero-order valence-corrected chi connectivity index (χ0v) is 14.4. The van der Waals surface area contributed by atoms with Gasteiger partial charge < -0.3 is 0 Å². The molecule has 0 radical (unpaired) electrons. The molecule has 0 N–H and O–H groups in total. The Labute approximate surface area is 141 Å². The Morgan fingerprint density at radius 1 is 0.870 bits per heavy atom. The molecule has 0 heterocycles. The van der Waals surface area contributed by atoms with E-state index in [1.165, 1.54) is 56.9 Å². The van der Waals surface area contributed by atoms with E-state index in [-0.39, 0.29) is 0 Å². The second-order valence-corrected chi connectivity index (χ2v) is 7.55.